The number of halogens is 3. The normalized spacial score (nSPS) is 10.2. The Morgan fingerprint density at radius 1 is 1.12 bits per heavy atom. The minimum atomic E-state index is 0.488. The number of hydrogen-bond donors (Lipinski definition) is 1. The van der Waals surface area contributed by atoms with Crippen molar-refractivity contribution in [2.24, 2.45) is 0 Å². The second-order valence-corrected chi connectivity index (χ2v) is 4.70. The Hall–Kier alpha value is -0.770. The zero-order chi connectivity index (χ0) is 11.5. The summed E-state index contributed by atoms with van der Waals surface area (Å²) in [7, 11) is 0. The maximum atomic E-state index is 6.06. The molecule has 1 aromatic carbocycles. The van der Waals surface area contributed by atoms with E-state index < -0.39 is 0 Å². The molecule has 0 fully saturated rings. The smallest absolute Gasteiger partial charge is 0.144 e. The van der Waals surface area contributed by atoms with Crippen LogP contribution in [0.15, 0.2) is 41.0 Å². The molecular formula is C11H7BrCl2N2. The van der Waals surface area contributed by atoms with Gasteiger partial charge < -0.3 is 5.32 Å². The number of rotatable bonds is 2. The van der Waals surface area contributed by atoms with E-state index in [-0.39, 0.29) is 0 Å². The average molecular weight is 318 g/mol. The fourth-order valence-electron chi connectivity index (χ4n) is 1.21. The molecule has 2 rings (SSSR count). The van der Waals surface area contributed by atoms with Crippen LogP contribution >= 0.6 is 39.1 Å². The maximum absolute atomic E-state index is 6.06. The summed E-state index contributed by atoms with van der Waals surface area (Å²) in [4.78, 5) is 4.18. The van der Waals surface area contributed by atoms with Gasteiger partial charge in [0.15, 0.2) is 0 Å². The van der Waals surface area contributed by atoms with Gasteiger partial charge in [-0.15, -0.1) is 0 Å². The van der Waals surface area contributed by atoms with Gasteiger partial charge in [0, 0.05) is 6.20 Å². The number of pyridine rings is 1. The largest absolute Gasteiger partial charge is 0.338 e. The number of nitrogens with one attached hydrogen (secondary N) is 1. The Morgan fingerprint density at radius 3 is 2.69 bits per heavy atom. The van der Waals surface area contributed by atoms with Gasteiger partial charge in [-0.1, -0.05) is 29.3 Å². The first-order valence-corrected chi connectivity index (χ1v) is 6.05. The second kappa shape index (κ2) is 5.04. The number of benzene rings is 1. The second-order valence-electron chi connectivity index (χ2n) is 3.06. The molecule has 0 atom stereocenters. The van der Waals surface area contributed by atoms with Crippen LogP contribution in [0.2, 0.25) is 10.0 Å². The van der Waals surface area contributed by atoms with E-state index in [1.54, 1.807) is 12.3 Å². The van der Waals surface area contributed by atoms with Crippen LogP contribution in [0.3, 0.4) is 0 Å². The van der Waals surface area contributed by atoms with Gasteiger partial charge >= 0.3 is 0 Å². The van der Waals surface area contributed by atoms with Crippen molar-refractivity contribution in [3.63, 3.8) is 0 Å². The Kier molecular flexibility index (Phi) is 3.69. The first-order chi connectivity index (χ1) is 7.68. The molecule has 16 heavy (non-hydrogen) atoms. The van der Waals surface area contributed by atoms with E-state index in [1.807, 2.05) is 24.3 Å². The fraction of sp³-hybridized carbons (Fsp3) is 0. The number of nitrogens with zero attached hydrogens (tertiary/aromatic N) is 1. The molecule has 0 amide bonds. The third-order valence-corrected chi connectivity index (χ3v) is 3.42. The molecule has 1 N–H and O–H groups in total. The van der Waals surface area contributed by atoms with Gasteiger partial charge in [0.1, 0.15) is 5.82 Å². The molecule has 1 heterocycles. The number of anilines is 2. The van der Waals surface area contributed by atoms with Gasteiger partial charge in [-0.05, 0) is 40.2 Å². The zero-order valence-corrected chi connectivity index (χ0v) is 11.1. The molecule has 82 valence electrons. The minimum absolute atomic E-state index is 0.488. The van der Waals surface area contributed by atoms with E-state index in [0.717, 1.165) is 10.2 Å². The summed E-state index contributed by atoms with van der Waals surface area (Å²) >= 11 is 15.4. The van der Waals surface area contributed by atoms with Gasteiger partial charge in [-0.3, -0.25) is 0 Å². The molecule has 2 aromatic rings. The number of hydrogen-bond acceptors (Lipinski definition) is 2. The molecule has 0 aliphatic heterocycles. The van der Waals surface area contributed by atoms with Crippen LogP contribution in [0.4, 0.5) is 11.5 Å². The molecule has 0 radical (unpaired) electrons. The van der Waals surface area contributed by atoms with Crippen LogP contribution in [-0.2, 0) is 0 Å². The van der Waals surface area contributed by atoms with Gasteiger partial charge in [-0.2, -0.15) is 0 Å². The molecule has 1 aromatic heterocycles. The Morgan fingerprint density at radius 2 is 1.94 bits per heavy atom. The SMILES string of the molecule is Clc1cccc(Nc2ncccc2Br)c1Cl. The van der Waals surface area contributed by atoms with Crippen LogP contribution in [-0.4, -0.2) is 4.98 Å². The highest BCUT2D eigenvalue weighted by Gasteiger charge is 2.06. The summed E-state index contributed by atoms with van der Waals surface area (Å²) in [5, 5.41) is 4.11. The van der Waals surface area contributed by atoms with Crippen molar-refractivity contribution in [1.29, 1.82) is 0 Å². The van der Waals surface area contributed by atoms with Crippen LogP contribution in [0, 0.1) is 0 Å². The first kappa shape index (κ1) is 11.7. The third kappa shape index (κ3) is 2.48. The molecular weight excluding hydrogens is 311 g/mol. The predicted molar refractivity (Wildman–Crippen MR) is 71.7 cm³/mol. The quantitative estimate of drug-likeness (QED) is 0.852. The summed E-state index contributed by atoms with van der Waals surface area (Å²) in [6.45, 7) is 0. The summed E-state index contributed by atoms with van der Waals surface area (Å²) in [5.74, 6) is 0.701. The van der Waals surface area contributed by atoms with Gasteiger partial charge in [0.05, 0.1) is 20.2 Å². The highest BCUT2D eigenvalue weighted by Crippen LogP contribution is 2.32. The van der Waals surface area contributed by atoms with E-state index in [2.05, 4.69) is 26.2 Å². The highest BCUT2D eigenvalue weighted by atomic mass is 79.9. The Bertz CT molecular complexity index is 517. The monoisotopic (exact) mass is 316 g/mol. The number of aromatic nitrogens is 1. The molecule has 0 saturated carbocycles. The average Bonchev–Trinajstić information content (AvgIpc) is 2.28. The van der Waals surface area contributed by atoms with Crippen molar-refractivity contribution in [3.8, 4) is 0 Å². The van der Waals surface area contributed by atoms with Crippen molar-refractivity contribution in [2.45, 2.75) is 0 Å². The lowest BCUT2D eigenvalue weighted by Crippen LogP contribution is -1.94. The van der Waals surface area contributed by atoms with Crippen LogP contribution in [0.25, 0.3) is 0 Å². The van der Waals surface area contributed by atoms with E-state index >= 15 is 0 Å². The van der Waals surface area contributed by atoms with E-state index in [1.165, 1.54) is 0 Å². The Labute approximate surface area is 112 Å². The minimum Gasteiger partial charge on any atom is -0.338 e. The van der Waals surface area contributed by atoms with Gasteiger partial charge in [-0.25, -0.2) is 4.98 Å². The molecule has 0 bridgehead atoms. The van der Waals surface area contributed by atoms with Crippen molar-refractivity contribution in [1.82, 2.24) is 4.98 Å². The van der Waals surface area contributed by atoms with Crippen molar-refractivity contribution < 1.29 is 0 Å². The maximum Gasteiger partial charge on any atom is 0.144 e. The van der Waals surface area contributed by atoms with Gasteiger partial charge in [0.2, 0.25) is 0 Å². The van der Waals surface area contributed by atoms with Crippen LogP contribution in [0.1, 0.15) is 0 Å². The zero-order valence-electron chi connectivity index (χ0n) is 8.05. The van der Waals surface area contributed by atoms with E-state index in [4.69, 9.17) is 23.2 Å². The van der Waals surface area contributed by atoms with Crippen LogP contribution in [0.5, 0.6) is 0 Å². The molecule has 0 aliphatic rings. The summed E-state index contributed by atoms with van der Waals surface area (Å²) in [5.41, 5.74) is 0.730. The Balaban J connectivity index is 2.35. The third-order valence-electron chi connectivity index (χ3n) is 1.96. The van der Waals surface area contributed by atoms with Crippen molar-refractivity contribution in [3.05, 3.63) is 51.0 Å². The molecule has 0 unspecified atom stereocenters. The summed E-state index contributed by atoms with van der Waals surface area (Å²) in [6.07, 6.45) is 1.70. The summed E-state index contributed by atoms with van der Waals surface area (Å²) in [6, 6.07) is 9.15. The predicted octanol–water partition coefficient (Wildman–Crippen LogP) is 4.89. The fourth-order valence-corrected chi connectivity index (χ4v) is 1.91. The van der Waals surface area contributed by atoms with Crippen molar-refractivity contribution in [2.75, 3.05) is 5.32 Å². The highest BCUT2D eigenvalue weighted by molar-refractivity contribution is 9.10. The molecule has 0 aliphatic carbocycles. The topological polar surface area (TPSA) is 24.9 Å². The molecule has 2 nitrogen and oxygen atoms in total. The van der Waals surface area contributed by atoms with Crippen molar-refractivity contribution >= 4 is 50.6 Å². The lowest BCUT2D eigenvalue weighted by Gasteiger charge is -2.09. The molecule has 0 saturated heterocycles. The van der Waals surface area contributed by atoms with E-state index in [0.29, 0.717) is 15.9 Å². The van der Waals surface area contributed by atoms with Crippen LogP contribution < -0.4 is 5.32 Å². The standard InChI is InChI=1S/C11H7BrCl2N2/c12-7-3-2-6-15-11(7)16-9-5-1-4-8(13)10(9)14/h1-6H,(H,15,16). The van der Waals surface area contributed by atoms with E-state index in [9.17, 15) is 0 Å². The molecule has 0 spiro atoms. The van der Waals surface area contributed by atoms with Gasteiger partial charge in [0.25, 0.3) is 0 Å². The first-order valence-electron chi connectivity index (χ1n) is 4.50. The lowest BCUT2D eigenvalue weighted by atomic mass is 10.3. The summed E-state index contributed by atoms with van der Waals surface area (Å²) < 4.78 is 0.867. The molecule has 5 heteroatoms. The lowest BCUT2D eigenvalue weighted by molar-refractivity contribution is 1.29.